The second kappa shape index (κ2) is 12.5. The van der Waals surface area contributed by atoms with Gasteiger partial charge in [0.05, 0.1) is 14.2 Å². The van der Waals surface area contributed by atoms with E-state index in [9.17, 15) is 9.59 Å². The molecule has 2 heterocycles. The Labute approximate surface area is 220 Å². The average molecular weight is 526 g/mol. The first-order valence-corrected chi connectivity index (χ1v) is 12.9. The molecule has 0 radical (unpaired) electrons. The Kier molecular flexibility index (Phi) is 8.91. The monoisotopic (exact) mass is 525 g/mol. The Bertz CT molecular complexity index is 1210. The van der Waals surface area contributed by atoms with Crippen molar-refractivity contribution in [2.45, 2.75) is 20.0 Å². The fourth-order valence-electron chi connectivity index (χ4n) is 4.01. The molecule has 0 aliphatic carbocycles. The van der Waals surface area contributed by atoms with Crippen LogP contribution in [0.4, 0.5) is 5.69 Å². The number of aromatic nitrogens is 2. The molecule has 11 heteroatoms. The largest absolute Gasteiger partial charge is 0.493 e. The predicted molar refractivity (Wildman–Crippen MR) is 141 cm³/mol. The summed E-state index contributed by atoms with van der Waals surface area (Å²) in [6.07, 6.45) is 1.12. The lowest BCUT2D eigenvalue weighted by atomic mass is 10.1. The van der Waals surface area contributed by atoms with Crippen LogP contribution in [0.5, 0.6) is 17.2 Å². The molecule has 0 unspecified atom stereocenters. The first-order chi connectivity index (χ1) is 18.0. The van der Waals surface area contributed by atoms with Gasteiger partial charge in [0.1, 0.15) is 12.4 Å². The molecule has 1 N–H and O–H groups in total. The second-order valence-corrected chi connectivity index (χ2v) is 9.53. The van der Waals surface area contributed by atoms with Crippen molar-refractivity contribution in [2.24, 2.45) is 0 Å². The number of hydrogen-bond donors (Lipinski definition) is 1. The number of carbonyl (C=O) groups is 2. The fraction of sp³-hybridized carbons (Fsp3) is 0.385. The van der Waals surface area contributed by atoms with Gasteiger partial charge in [-0.2, -0.15) is 0 Å². The molecular weight excluding hydrogens is 494 g/mol. The molecule has 10 nitrogen and oxygen atoms in total. The molecule has 4 rings (SSSR count). The van der Waals surface area contributed by atoms with Crippen molar-refractivity contribution in [3.8, 4) is 17.2 Å². The molecule has 37 heavy (non-hydrogen) atoms. The van der Waals surface area contributed by atoms with Crippen LogP contribution in [0.3, 0.4) is 0 Å². The van der Waals surface area contributed by atoms with Gasteiger partial charge in [0.25, 0.3) is 11.8 Å². The Morgan fingerprint density at radius 2 is 1.70 bits per heavy atom. The Morgan fingerprint density at radius 1 is 0.973 bits per heavy atom. The Morgan fingerprint density at radius 3 is 2.38 bits per heavy atom. The normalized spacial score (nSPS) is 13.8. The van der Waals surface area contributed by atoms with Crippen molar-refractivity contribution in [3.05, 3.63) is 58.0 Å². The van der Waals surface area contributed by atoms with E-state index in [1.807, 2.05) is 4.90 Å². The van der Waals surface area contributed by atoms with E-state index >= 15 is 0 Å². The molecule has 1 saturated heterocycles. The van der Waals surface area contributed by atoms with Crippen LogP contribution in [0.25, 0.3) is 0 Å². The van der Waals surface area contributed by atoms with Crippen LogP contribution in [-0.2, 0) is 6.61 Å². The van der Waals surface area contributed by atoms with Crippen LogP contribution >= 0.6 is 11.3 Å². The lowest BCUT2D eigenvalue weighted by molar-refractivity contribution is 0.0637. The van der Waals surface area contributed by atoms with Crippen LogP contribution < -0.4 is 19.5 Å². The number of methoxy groups -OCH3 is 2. The zero-order valence-corrected chi connectivity index (χ0v) is 22.0. The molecule has 1 fully saturated rings. The summed E-state index contributed by atoms with van der Waals surface area (Å²) >= 11 is 1.15. The van der Waals surface area contributed by atoms with E-state index in [1.54, 1.807) is 56.7 Å². The highest BCUT2D eigenvalue weighted by molar-refractivity contribution is 7.13. The van der Waals surface area contributed by atoms with Gasteiger partial charge in [0.2, 0.25) is 5.01 Å². The maximum atomic E-state index is 12.8. The first kappa shape index (κ1) is 26.4. The number of nitrogens with zero attached hydrogens (tertiary/aromatic N) is 4. The number of piperazine rings is 1. The molecule has 2 aromatic carbocycles. The van der Waals surface area contributed by atoms with Gasteiger partial charge in [0, 0.05) is 43.5 Å². The zero-order valence-electron chi connectivity index (χ0n) is 21.2. The summed E-state index contributed by atoms with van der Waals surface area (Å²) in [7, 11) is 3.12. The molecular formula is C26H31N5O5S. The smallest absolute Gasteiger partial charge is 0.286 e. The number of rotatable bonds is 10. The SMILES string of the molecule is CCCN1CCN(C(=O)c2ccc(NC(=O)c3nnc(COc4ccc(OC)c(OC)c4)s3)cc2)CC1. The summed E-state index contributed by atoms with van der Waals surface area (Å²) in [4.78, 5) is 29.7. The summed E-state index contributed by atoms with van der Waals surface area (Å²) in [6.45, 7) is 6.64. The predicted octanol–water partition coefficient (Wildman–Crippen LogP) is 3.55. The first-order valence-electron chi connectivity index (χ1n) is 12.1. The van der Waals surface area contributed by atoms with Gasteiger partial charge in [-0.15, -0.1) is 10.2 Å². The number of amides is 2. The molecule has 0 bridgehead atoms. The molecule has 1 aliphatic rings. The van der Waals surface area contributed by atoms with Crippen LogP contribution in [0.1, 0.15) is 38.5 Å². The van der Waals surface area contributed by atoms with Crippen LogP contribution in [0.2, 0.25) is 0 Å². The van der Waals surface area contributed by atoms with Crippen molar-refractivity contribution in [2.75, 3.05) is 52.3 Å². The number of anilines is 1. The molecule has 3 aromatic rings. The third-order valence-electron chi connectivity index (χ3n) is 5.97. The van der Waals surface area contributed by atoms with Gasteiger partial charge in [-0.25, -0.2) is 0 Å². The highest BCUT2D eigenvalue weighted by atomic mass is 32.1. The molecule has 2 amide bonds. The maximum Gasteiger partial charge on any atom is 0.286 e. The van der Waals surface area contributed by atoms with E-state index in [0.29, 0.717) is 33.5 Å². The minimum atomic E-state index is -0.374. The number of nitrogens with one attached hydrogen (secondary N) is 1. The summed E-state index contributed by atoms with van der Waals surface area (Å²) < 4.78 is 16.3. The van der Waals surface area contributed by atoms with Gasteiger partial charge >= 0.3 is 0 Å². The number of carbonyl (C=O) groups excluding carboxylic acids is 2. The molecule has 196 valence electrons. The van der Waals surface area contributed by atoms with E-state index < -0.39 is 0 Å². The van der Waals surface area contributed by atoms with Crippen molar-refractivity contribution in [1.29, 1.82) is 0 Å². The standard InChI is InChI=1S/C26H31N5O5S/c1-4-11-30-12-14-31(15-13-30)26(33)18-5-7-19(8-6-18)27-24(32)25-29-28-23(37-25)17-36-20-9-10-21(34-2)22(16-20)35-3/h5-10,16H,4,11-15,17H2,1-3H3,(H,27,32). The summed E-state index contributed by atoms with van der Waals surface area (Å²) in [5.74, 6) is 1.38. The molecule has 0 spiro atoms. The minimum Gasteiger partial charge on any atom is -0.493 e. The van der Waals surface area contributed by atoms with Gasteiger partial charge in [0.15, 0.2) is 16.5 Å². The zero-order chi connectivity index (χ0) is 26.2. The summed E-state index contributed by atoms with van der Waals surface area (Å²) in [6, 6.07) is 12.1. The minimum absolute atomic E-state index is 0.0114. The molecule has 0 saturated carbocycles. The third kappa shape index (κ3) is 6.75. The number of ether oxygens (including phenoxy) is 3. The Balaban J connectivity index is 1.29. The lowest BCUT2D eigenvalue weighted by Crippen LogP contribution is -2.48. The van der Waals surface area contributed by atoms with Crippen molar-refractivity contribution < 1.29 is 23.8 Å². The number of hydrogen-bond acceptors (Lipinski definition) is 9. The van der Waals surface area contributed by atoms with E-state index in [0.717, 1.165) is 50.5 Å². The third-order valence-corrected chi connectivity index (χ3v) is 6.86. The quantitative estimate of drug-likeness (QED) is 0.428. The fourth-order valence-corrected chi connectivity index (χ4v) is 4.66. The van der Waals surface area contributed by atoms with E-state index in [-0.39, 0.29) is 23.4 Å². The van der Waals surface area contributed by atoms with Gasteiger partial charge in [-0.1, -0.05) is 18.3 Å². The molecule has 1 aliphatic heterocycles. The van der Waals surface area contributed by atoms with Crippen LogP contribution in [0, 0.1) is 0 Å². The lowest BCUT2D eigenvalue weighted by Gasteiger charge is -2.34. The van der Waals surface area contributed by atoms with E-state index in [4.69, 9.17) is 14.2 Å². The maximum absolute atomic E-state index is 12.8. The number of benzene rings is 2. The van der Waals surface area contributed by atoms with Crippen LogP contribution in [0.15, 0.2) is 42.5 Å². The molecule has 0 atom stereocenters. The second-order valence-electron chi connectivity index (χ2n) is 8.47. The highest BCUT2D eigenvalue weighted by Crippen LogP contribution is 2.31. The topological polar surface area (TPSA) is 106 Å². The summed E-state index contributed by atoms with van der Waals surface area (Å²) in [5.41, 5.74) is 1.18. The Hall–Kier alpha value is -3.70. The van der Waals surface area contributed by atoms with Crippen LogP contribution in [-0.4, -0.2) is 78.8 Å². The van der Waals surface area contributed by atoms with Gasteiger partial charge in [-0.05, 0) is 49.4 Å². The average Bonchev–Trinajstić information content (AvgIpc) is 3.42. The van der Waals surface area contributed by atoms with E-state index in [1.165, 1.54) is 0 Å². The summed E-state index contributed by atoms with van der Waals surface area (Å²) in [5, 5.41) is 11.6. The van der Waals surface area contributed by atoms with Gasteiger partial charge < -0.3 is 24.4 Å². The van der Waals surface area contributed by atoms with E-state index in [2.05, 4.69) is 27.3 Å². The highest BCUT2D eigenvalue weighted by Gasteiger charge is 2.22. The van der Waals surface area contributed by atoms with Gasteiger partial charge in [-0.3, -0.25) is 14.5 Å². The van der Waals surface area contributed by atoms with Crippen molar-refractivity contribution in [1.82, 2.24) is 20.0 Å². The van der Waals surface area contributed by atoms with Crippen molar-refractivity contribution in [3.63, 3.8) is 0 Å². The molecule has 1 aromatic heterocycles. The van der Waals surface area contributed by atoms with Crippen molar-refractivity contribution >= 4 is 28.8 Å².